The Bertz CT molecular complexity index is 1400. The zero-order chi connectivity index (χ0) is 24.2. The highest BCUT2D eigenvalue weighted by Crippen LogP contribution is 2.24. The molecule has 0 spiro atoms. The van der Waals surface area contributed by atoms with E-state index in [1.807, 2.05) is 73.1 Å². The largest absolute Gasteiger partial charge is 0.497 e. The zero-order valence-corrected chi connectivity index (χ0v) is 19.8. The molecule has 2 aromatic heterocycles. The van der Waals surface area contributed by atoms with Gasteiger partial charge in [0.1, 0.15) is 17.1 Å². The lowest BCUT2D eigenvalue weighted by molar-refractivity contribution is -0.121. The second-order valence-corrected chi connectivity index (χ2v) is 8.09. The topological polar surface area (TPSA) is 86.9 Å². The predicted octanol–water partition coefficient (Wildman–Crippen LogP) is 3.27. The Morgan fingerprint density at radius 3 is 2.47 bits per heavy atom. The molecule has 0 saturated heterocycles. The number of nitrogens with zero attached hydrogens (tertiary/aromatic N) is 3. The molecule has 4 rings (SSSR count). The Morgan fingerprint density at radius 1 is 1.03 bits per heavy atom. The summed E-state index contributed by atoms with van der Waals surface area (Å²) in [5, 5.41) is 7.47. The van der Waals surface area contributed by atoms with Crippen molar-refractivity contribution in [3.05, 3.63) is 81.8 Å². The number of hydrogen-bond acceptors (Lipinski definition) is 5. The third kappa shape index (κ3) is 4.66. The SMILES string of the molecule is COc1cccc(CNC(=O)CCc2c(C)n(C)c3cc(-c4cccc(OC)c4)nn3c2=O)c1. The number of rotatable bonds is 8. The van der Waals surface area contributed by atoms with Gasteiger partial charge in [-0.3, -0.25) is 9.59 Å². The Balaban J connectivity index is 1.53. The minimum Gasteiger partial charge on any atom is -0.497 e. The highest BCUT2D eigenvalue weighted by Gasteiger charge is 2.17. The van der Waals surface area contributed by atoms with Gasteiger partial charge < -0.3 is 19.4 Å². The average molecular weight is 461 g/mol. The standard InChI is InChI=1S/C26H28N4O4/c1-17-22(11-12-24(31)27-16-18-7-5-9-20(13-18)33-3)26(32)30-25(29(17)2)15-23(28-30)19-8-6-10-21(14-19)34-4/h5-10,13-15H,11-12,16H2,1-4H3,(H,27,31). The fourth-order valence-electron chi connectivity index (χ4n) is 3.94. The van der Waals surface area contributed by atoms with E-state index < -0.39 is 0 Å². The van der Waals surface area contributed by atoms with Crippen LogP contribution in [0.5, 0.6) is 11.5 Å². The first-order valence-electron chi connectivity index (χ1n) is 11.0. The fourth-order valence-corrected chi connectivity index (χ4v) is 3.94. The number of nitrogens with one attached hydrogen (secondary N) is 1. The lowest BCUT2D eigenvalue weighted by Gasteiger charge is -2.12. The molecule has 2 heterocycles. The van der Waals surface area contributed by atoms with Crippen LogP contribution >= 0.6 is 0 Å². The molecular weight excluding hydrogens is 432 g/mol. The Hall–Kier alpha value is -4.07. The maximum Gasteiger partial charge on any atom is 0.277 e. The van der Waals surface area contributed by atoms with Gasteiger partial charge in [-0.25, -0.2) is 0 Å². The smallest absolute Gasteiger partial charge is 0.277 e. The van der Waals surface area contributed by atoms with E-state index in [2.05, 4.69) is 10.4 Å². The molecule has 8 heteroatoms. The van der Waals surface area contributed by atoms with Gasteiger partial charge in [-0.1, -0.05) is 24.3 Å². The summed E-state index contributed by atoms with van der Waals surface area (Å²) in [7, 11) is 5.12. The highest BCUT2D eigenvalue weighted by atomic mass is 16.5. The first-order chi connectivity index (χ1) is 16.4. The number of fused-ring (bicyclic) bond motifs is 1. The van der Waals surface area contributed by atoms with Crippen LogP contribution in [0.2, 0.25) is 0 Å². The summed E-state index contributed by atoms with van der Waals surface area (Å²) >= 11 is 0. The molecule has 0 radical (unpaired) electrons. The van der Waals surface area contributed by atoms with Crippen LogP contribution in [0.4, 0.5) is 0 Å². The molecule has 0 aliphatic carbocycles. The van der Waals surface area contributed by atoms with Gasteiger partial charge in [-0.2, -0.15) is 9.61 Å². The number of aryl methyl sites for hydroxylation is 1. The molecule has 0 aliphatic rings. The third-order valence-corrected chi connectivity index (χ3v) is 6.02. The first kappa shape index (κ1) is 23.1. The second-order valence-electron chi connectivity index (χ2n) is 8.09. The Kier molecular flexibility index (Phi) is 6.67. The van der Waals surface area contributed by atoms with Crippen molar-refractivity contribution in [1.82, 2.24) is 19.5 Å². The number of hydrogen-bond donors (Lipinski definition) is 1. The average Bonchev–Trinajstić information content (AvgIpc) is 3.32. The summed E-state index contributed by atoms with van der Waals surface area (Å²) in [6, 6.07) is 17.0. The summed E-state index contributed by atoms with van der Waals surface area (Å²) in [5.74, 6) is 1.34. The van der Waals surface area contributed by atoms with E-state index in [1.54, 1.807) is 14.2 Å². The number of carbonyl (C=O) groups excluding carboxylic acids is 1. The van der Waals surface area contributed by atoms with Crippen molar-refractivity contribution in [3.8, 4) is 22.8 Å². The van der Waals surface area contributed by atoms with Crippen LogP contribution in [0.25, 0.3) is 16.9 Å². The Labute approximate surface area is 197 Å². The number of benzene rings is 2. The molecule has 1 N–H and O–H groups in total. The summed E-state index contributed by atoms with van der Waals surface area (Å²) < 4.78 is 13.9. The van der Waals surface area contributed by atoms with Gasteiger partial charge in [0.2, 0.25) is 5.91 Å². The van der Waals surface area contributed by atoms with Crippen LogP contribution < -0.4 is 20.3 Å². The van der Waals surface area contributed by atoms with Gasteiger partial charge in [0.05, 0.1) is 19.9 Å². The number of amides is 1. The van der Waals surface area contributed by atoms with Crippen LogP contribution in [-0.2, 0) is 24.8 Å². The van der Waals surface area contributed by atoms with E-state index in [-0.39, 0.29) is 17.9 Å². The highest BCUT2D eigenvalue weighted by molar-refractivity contribution is 5.76. The van der Waals surface area contributed by atoms with E-state index >= 15 is 0 Å². The molecule has 4 aromatic rings. The zero-order valence-electron chi connectivity index (χ0n) is 19.8. The van der Waals surface area contributed by atoms with E-state index in [1.165, 1.54) is 4.52 Å². The van der Waals surface area contributed by atoms with Crippen molar-refractivity contribution in [2.24, 2.45) is 7.05 Å². The molecule has 0 unspecified atom stereocenters. The number of ether oxygens (including phenoxy) is 2. The van der Waals surface area contributed by atoms with E-state index in [0.717, 1.165) is 28.3 Å². The van der Waals surface area contributed by atoms with E-state index in [4.69, 9.17) is 9.47 Å². The molecule has 8 nitrogen and oxygen atoms in total. The molecule has 0 atom stereocenters. The van der Waals surface area contributed by atoms with Crippen molar-refractivity contribution in [3.63, 3.8) is 0 Å². The predicted molar refractivity (Wildman–Crippen MR) is 130 cm³/mol. The minimum atomic E-state index is -0.208. The molecule has 0 fully saturated rings. The molecule has 2 aromatic carbocycles. The van der Waals surface area contributed by atoms with Crippen molar-refractivity contribution in [2.75, 3.05) is 14.2 Å². The summed E-state index contributed by atoms with van der Waals surface area (Å²) in [6.45, 7) is 2.29. The monoisotopic (exact) mass is 460 g/mol. The van der Waals surface area contributed by atoms with Crippen molar-refractivity contribution < 1.29 is 14.3 Å². The number of methoxy groups -OCH3 is 2. The molecule has 0 aliphatic heterocycles. The van der Waals surface area contributed by atoms with Crippen molar-refractivity contribution in [1.29, 1.82) is 0 Å². The summed E-state index contributed by atoms with van der Waals surface area (Å²) in [5.41, 5.74) is 4.36. The van der Waals surface area contributed by atoms with Crippen molar-refractivity contribution >= 4 is 11.6 Å². The lowest BCUT2D eigenvalue weighted by Crippen LogP contribution is -2.27. The van der Waals surface area contributed by atoms with Gasteiger partial charge in [-0.15, -0.1) is 0 Å². The van der Waals surface area contributed by atoms with Crippen LogP contribution in [0.3, 0.4) is 0 Å². The maximum absolute atomic E-state index is 13.2. The molecule has 1 amide bonds. The van der Waals surface area contributed by atoms with Crippen LogP contribution in [0.15, 0.2) is 59.4 Å². The van der Waals surface area contributed by atoms with E-state index in [0.29, 0.717) is 29.9 Å². The maximum atomic E-state index is 13.2. The minimum absolute atomic E-state index is 0.123. The Morgan fingerprint density at radius 2 is 1.74 bits per heavy atom. The van der Waals surface area contributed by atoms with Gasteiger partial charge in [0.15, 0.2) is 0 Å². The van der Waals surface area contributed by atoms with Gasteiger partial charge in [0, 0.05) is 42.9 Å². The molecular formula is C26H28N4O4. The lowest BCUT2D eigenvalue weighted by atomic mass is 10.1. The fraction of sp³-hybridized carbons (Fsp3) is 0.269. The molecule has 0 bridgehead atoms. The molecule has 0 saturated carbocycles. The first-order valence-corrected chi connectivity index (χ1v) is 11.0. The number of carbonyl (C=O) groups is 1. The van der Waals surface area contributed by atoms with E-state index in [9.17, 15) is 9.59 Å². The normalized spacial score (nSPS) is 10.9. The van der Waals surface area contributed by atoms with Gasteiger partial charge >= 0.3 is 0 Å². The van der Waals surface area contributed by atoms with Crippen molar-refractivity contribution in [2.45, 2.75) is 26.3 Å². The van der Waals surface area contributed by atoms with Crippen LogP contribution in [-0.4, -0.2) is 34.3 Å². The van der Waals surface area contributed by atoms with Gasteiger partial charge in [-0.05, 0) is 43.2 Å². The summed E-state index contributed by atoms with van der Waals surface area (Å²) in [6.07, 6.45) is 0.530. The van der Waals surface area contributed by atoms with Crippen LogP contribution in [0.1, 0.15) is 23.2 Å². The molecule has 34 heavy (non-hydrogen) atoms. The summed E-state index contributed by atoms with van der Waals surface area (Å²) in [4.78, 5) is 25.7. The number of aromatic nitrogens is 3. The third-order valence-electron chi connectivity index (χ3n) is 6.02. The second kappa shape index (κ2) is 9.82. The van der Waals surface area contributed by atoms with Crippen LogP contribution in [0, 0.1) is 6.92 Å². The van der Waals surface area contributed by atoms with Gasteiger partial charge in [0.25, 0.3) is 5.56 Å². The molecule has 176 valence electrons. The quantitative estimate of drug-likeness (QED) is 0.436.